The van der Waals surface area contributed by atoms with Gasteiger partial charge in [0.15, 0.2) is 6.29 Å². The van der Waals surface area contributed by atoms with Crippen molar-refractivity contribution < 1.29 is 9.18 Å². The van der Waals surface area contributed by atoms with Gasteiger partial charge in [0.05, 0.1) is 5.56 Å². The van der Waals surface area contributed by atoms with Gasteiger partial charge in [-0.3, -0.25) is 4.79 Å². The van der Waals surface area contributed by atoms with E-state index in [1.165, 1.54) is 6.20 Å². The van der Waals surface area contributed by atoms with E-state index >= 15 is 0 Å². The second kappa shape index (κ2) is 3.09. The van der Waals surface area contributed by atoms with Crippen LogP contribution in [0.3, 0.4) is 0 Å². The molecular formula is C7H7FN2O. The molecule has 0 spiro atoms. The summed E-state index contributed by atoms with van der Waals surface area (Å²) in [5.74, 6) is -0.292. The van der Waals surface area contributed by atoms with Crippen molar-refractivity contribution in [2.24, 2.45) is 0 Å². The number of hydrogen-bond donors (Lipinski definition) is 1. The van der Waals surface area contributed by atoms with Gasteiger partial charge in [-0.1, -0.05) is 0 Å². The van der Waals surface area contributed by atoms with Gasteiger partial charge in [0, 0.05) is 13.2 Å². The smallest absolute Gasteiger partial charge is 0.156 e. The van der Waals surface area contributed by atoms with Gasteiger partial charge in [-0.05, 0) is 6.07 Å². The number of carbonyl (C=O) groups is 1. The lowest BCUT2D eigenvalue weighted by molar-refractivity contribution is 0.112. The number of aromatic nitrogens is 1. The highest BCUT2D eigenvalue weighted by molar-refractivity contribution is 5.82. The molecule has 4 heteroatoms. The summed E-state index contributed by atoms with van der Waals surface area (Å²) in [5.41, 5.74) is -0.0324. The summed E-state index contributed by atoms with van der Waals surface area (Å²) in [6.45, 7) is 0. The molecule has 0 saturated carbocycles. The van der Waals surface area contributed by atoms with Gasteiger partial charge in [-0.25, -0.2) is 9.37 Å². The highest BCUT2D eigenvalue weighted by atomic mass is 19.1. The number of anilines is 1. The molecule has 0 radical (unpaired) electrons. The molecule has 3 nitrogen and oxygen atoms in total. The number of pyridine rings is 1. The molecule has 0 aromatic carbocycles. The number of halogens is 1. The second-order valence-corrected chi connectivity index (χ2v) is 1.92. The fourth-order valence-electron chi connectivity index (χ4n) is 0.761. The lowest BCUT2D eigenvalue weighted by atomic mass is 10.2. The minimum atomic E-state index is -0.556. The average molecular weight is 154 g/mol. The molecule has 0 bridgehead atoms. The van der Waals surface area contributed by atoms with E-state index in [-0.39, 0.29) is 11.4 Å². The maximum absolute atomic E-state index is 12.7. The number of nitrogens with one attached hydrogen (secondary N) is 1. The van der Waals surface area contributed by atoms with E-state index in [9.17, 15) is 9.18 Å². The third-order valence-electron chi connectivity index (χ3n) is 1.29. The van der Waals surface area contributed by atoms with Gasteiger partial charge < -0.3 is 5.32 Å². The number of nitrogens with zero attached hydrogens (tertiary/aromatic N) is 1. The molecule has 0 amide bonds. The molecule has 1 rings (SSSR count). The van der Waals surface area contributed by atoms with Crippen LogP contribution in [0, 0.1) is 5.82 Å². The monoisotopic (exact) mass is 154 g/mol. The Morgan fingerprint density at radius 2 is 2.45 bits per heavy atom. The summed E-state index contributed by atoms with van der Waals surface area (Å²) in [6, 6.07) is 1.14. The molecular weight excluding hydrogens is 147 g/mol. The van der Waals surface area contributed by atoms with E-state index in [0.717, 1.165) is 6.07 Å². The maximum atomic E-state index is 12.7. The van der Waals surface area contributed by atoms with Gasteiger partial charge in [-0.2, -0.15) is 0 Å². The Hall–Kier alpha value is -1.45. The summed E-state index contributed by atoms with van der Waals surface area (Å²) in [5, 5.41) is 2.60. The van der Waals surface area contributed by atoms with Gasteiger partial charge in [-0.15, -0.1) is 0 Å². The predicted molar refractivity (Wildman–Crippen MR) is 39.1 cm³/mol. The van der Waals surface area contributed by atoms with Crippen molar-refractivity contribution in [2.75, 3.05) is 12.4 Å². The number of carbonyl (C=O) groups excluding carboxylic acids is 1. The zero-order valence-corrected chi connectivity index (χ0v) is 5.97. The maximum Gasteiger partial charge on any atom is 0.156 e. The van der Waals surface area contributed by atoms with Crippen LogP contribution in [0.1, 0.15) is 10.4 Å². The number of aldehydes is 1. The molecule has 0 atom stereocenters. The van der Waals surface area contributed by atoms with Gasteiger partial charge in [0.1, 0.15) is 11.6 Å². The van der Waals surface area contributed by atoms with Crippen LogP contribution in [0.2, 0.25) is 0 Å². The predicted octanol–water partition coefficient (Wildman–Crippen LogP) is 1.07. The molecule has 1 aromatic rings. The summed E-state index contributed by atoms with van der Waals surface area (Å²) in [7, 11) is 1.58. The SMILES string of the molecule is CNc1nccc(F)c1C=O. The first kappa shape index (κ1) is 7.65. The van der Waals surface area contributed by atoms with Crippen LogP contribution in [0.5, 0.6) is 0 Å². The molecule has 0 aliphatic rings. The number of hydrogen-bond acceptors (Lipinski definition) is 3. The summed E-state index contributed by atoms with van der Waals surface area (Å²) in [4.78, 5) is 14.0. The molecule has 1 heterocycles. The highest BCUT2D eigenvalue weighted by Gasteiger charge is 2.05. The topological polar surface area (TPSA) is 42.0 Å². The van der Waals surface area contributed by atoms with Crippen LogP contribution < -0.4 is 5.32 Å². The molecule has 0 saturated heterocycles. The first-order chi connectivity index (χ1) is 5.29. The van der Waals surface area contributed by atoms with Crippen molar-refractivity contribution in [3.05, 3.63) is 23.6 Å². The van der Waals surface area contributed by atoms with Crippen molar-refractivity contribution in [2.45, 2.75) is 0 Å². The third kappa shape index (κ3) is 1.34. The van der Waals surface area contributed by atoms with Crippen LogP contribution in [0.15, 0.2) is 12.3 Å². The van der Waals surface area contributed by atoms with Gasteiger partial charge >= 0.3 is 0 Å². The summed E-state index contributed by atoms with van der Waals surface area (Å²) >= 11 is 0. The van der Waals surface area contributed by atoms with E-state index in [2.05, 4.69) is 10.3 Å². The molecule has 11 heavy (non-hydrogen) atoms. The zero-order valence-electron chi connectivity index (χ0n) is 5.97. The molecule has 0 aliphatic carbocycles. The fraction of sp³-hybridized carbons (Fsp3) is 0.143. The Kier molecular flexibility index (Phi) is 2.15. The second-order valence-electron chi connectivity index (χ2n) is 1.92. The number of rotatable bonds is 2. The standard InChI is InChI=1S/C7H7FN2O/c1-9-7-5(4-11)6(8)2-3-10-7/h2-4H,1H3,(H,9,10). The summed E-state index contributed by atoms with van der Waals surface area (Å²) in [6.07, 6.45) is 1.74. The van der Waals surface area contributed by atoms with Gasteiger partial charge in [0.2, 0.25) is 0 Å². The Morgan fingerprint density at radius 3 is 2.91 bits per heavy atom. The van der Waals surface area contributed by atoms with Crippen LogP contribution in [-0.2, 0) is 0 Å². The third-order valence-corrected chi connectivity index (χ3v) is 1.29. The van der Waals surface area contributed by atoms with E-state index in [1.807, 2.05) is 0 Å². The van der Waals surface area contributed by atoms with Crippen LogP contribution in [0.4, 0.5) is 10.2 Å². The molecule has 0 unspecified atom stereocenters. The Balaban J connectivity index is 3.24. The first-order valence-corrected chi connectivity index (χ1v) is 3.07. The van der Waals surface area contributed by atoms with E-state index < -0.39 is 5.82 Å². The highest BCUT2D eigenvalue weighted by Crippen LogP contribution is 2.11. The van der Waals surface area contributed by atoms with Crippen molar-refractivity contribution in [3.63, 3.8) is 0 Å². The Bertz CT molecular complexity index is 275. The molecule has 1 aromatic heterocycles. The lowest BCUT2D eigenvalue weighted by Gasteiger charge is -2.01. The van der Waals surface area contributed by atoms with Crippen molar-refractivity contribution in [3.8, 4) is 0 Å². The fourth-order valence-corrected chi connectivity index (χ4v) is 0.761. The Morgan fingerprint density at radius 1 is 1.73 bits per heavy atom. The first-order valence-electron chi connectivity index (χ1n) is 3.07. The molecule has 0 aliphatic heterocycles. The van der Waals surface area contributed by atoms with E-state index in [1.54, 1.807) is 7.05 Å². The summed E-state index contributed by atoms with van der Waals surface area (Å²) < 4.78 is 12.7. The molecule has 0 fully saturated rings. The normalized spacial score (nSPS) is 9.27. The van der Waals surface area contributed by atoms with Crippen molar-refractivity contribution >= 4 is 12.1 Å². The van der Waals surface area contributed by atoms with E-state index in [0.29, 0.717) is 6.29 Å². The average Bonchev–Trinajstić information content (AvgIpc) is 2.04. The Labute approximate surface area is 63.3 Å². The van der Waals surface area contributed by atoms with Crippen molar-refractivity contribution in [1.82, 2.24) is 4.98 Å². The van der Waals surface area contributed by atoms with Crippen molar-refractivity contribution in [1.29, 1.82) is 0 Å². The van der Waals surface area contributed by atoms with Crippen LogP contribution >= 0.6 is 0 Å². The molecule has 58 valence electrons. The minimum Gasteiger partial charge on any atom is -0.372 e. The lowest BCUT2D eigenvalue weighted by Crippen LogP contribution is -1.99. The largest absolute Gasteiger partial charge is 0.372 e. The zero-order chi connectivity index (χ0) is 8.27. The van der Waals surface area contributed by atoms with Crippen LogP contribution in [-0.4, -0.2) is 18.3 Å². The quantitative estimate of drug-likeness (QED) is 0.648. The van der Waals surface area contributed by atoms with E-state index in [4.69, 9.17) is 0 Å². The molecule has 1 N–H and O–H groups in total. The minimum absolute atomic E-state index is 0.0324. The van der Waals surface area contributed by atoms with Crippen LogP contribution in [0.25, 0.3) is 0 Å². The van der Waals surface area contributed by atoms with Gasteiger partial charge in [0.25, 0.3) is 0 Å².